The van der Waals surface area contributed by atoms with Crippen LogP contribution in [-0.2, 0) is 4.74 Å². The average molecular weight is 314 g/mol. The van der Waals surface area contributed by atoms with Gasteiger partial charge in [-0.2, -0.15) is 0 Å². The standard InChI is InChI=1S/C13H16ClN3O4/c1-20-7-21-11-3-8(4-15-12(11)14)16-5-10-2-9(16)6-17(10)13(18)19/h3-4,9-10H,2,5-7H2,1H3,(H,18,19)/t9-,10-/m0/s1. The molecule has 0 aliphatic carbocycles. The number of carbonyl (C=O) groups is 1. The van der Waals surface area contributed by atoms with Crippen molar-refractivity contribution in [1.29, 1.82) is 0 Å². The Labute approximate surface area is 127 Å². The minimum absolute atomic E-state index is 0.0477. The number of fused-ring (bicyclic) bond motifs is 2. The predicted molar refractivity (Wildman–Crippen MR) is 76.0 cm³/mol. The summed E-state index contributed by atoms with van der Waals surface area (Å²) in [6.07, 6.45) is 1.69. The second-order valence-corrected chi connectivity index (χ2v) is 5.52. The number of aromatic nitrogens is 1. The maximum absolute atomic E-state index is 11.1. The number of hydrogen-bond acceptors (Lipinski definition) is 5. The first kappa shape index (κ1) is 14.2. The zero-order valence-corrected chi connectivity index (χ0v) is 12.3. The molecule has 0 radical (unpaired) electrons. The SMILES string of the molecule is COCOc1cc(N2C[C@@H]3C[C@H]2CN3C(=O)O)cnc1Cl. The number of hydrogen-bond donors (Lipinski definition) is 1. The molecule has 114 valence electrons. The summed E-state index contributed by atoms with van der Waals surface area (Å²) in [6.45, 7) is 1.30. The monoisotopic (exact) mass is 313 g/mol. The molecule has 0 spiro atoms. The van der Waals surface area contributed by atoms with Crippen LogP contribution in [0.4, 0.5) is 10.5 Å². The van der Waals surface area contributed by atoms with Crippen molar-refractivity contribution in [3.05, 3.63) is 17.4 Å². The molecule has 21 heavy (non-hydrogen) atoms. The number of nitrogens with zero attached hydrogens (tertiary/aromatic N) is 3. The van der Waals surface area contributed by atoms with Crippen molar-refractivity contribution < 1.29 is 19.4 Å². The second-order valence-electron chi connectivity index (χ2n) is 5.16. The molecule has 2 saturated heterocycles. The molecular weight excluding hydrogens is 298 g/mol. The van der Waals surface area contributed by atoms with Crippen LogP contribution in [-0.4, -0.2) is 60.2 Å². The number of pyridine rings is 1. The molecule has 1 N–H and O–H groups in total. The largest absolute Gasteiger partial charge is 0.465 e. The van der Waals surface area contributed by atoms with Gasteiger partial charge in [-0.05, 0) is 6.42 Å². The van der Waals surface area contributed by atoms with E-state index in [1.54, 1.807) is 6.20 Å². The van der Waals surface area contributed by atoms with Gasteiger partial charge in [-0.15, -0.1) is 0 Å². The van der Waals surface area contributed by atoms with Gasteiger partial charge < -0.3 is 24.4 Å². The third-order valence-electron chi connectivity index (χ3n) is 3.94. The molecule has 2 fully saturated rings. The number of amides is 1. The molecule has 1 aromatic heterocycles. The van der Waals surface area contributed by atoms with Gasteiger partial charge in [0.1, 0.15) is 0 Å². The summed E-state index contributed by atoms with van der Waals surface area (Å²) in [4.78, 5) is 18.9. The van der Waals surface area contributed by atoms with Crippen LogP contribution in [0.15, 0.2) is 12.3 Å². The zero-order chi connectivity index (χ0) is 15.0. The lowest BCUT2D eigenvalue weighted by Crippen LogP contribution is -2.48. The summed E-state index contributed by atoms with van der Waals surface area (Å²) in [6, 6.07) is 2.05. The molecule has 0 saturated carbocycles. The fraction of sp³-hybridized carbons (Fsp3) is 0.538. The summed E-state index contributed by atoms with van der Waals surface area (Å²) < 4.78 is 10.2. The molecule has 2 atom stereocenters. The van der Waals surface area contributed by atoms with Gasteiger partial charge in [0, 0.05) is 32.3 Å². The van der Waals surface area contributed by atoms with Crippen LogP contribution in [0.2, 0.25) is 5.15 Å². The van der Waals surface area contributed by atoms with E-state index in [9.17, 15) is 4.79 Å². The second kappa shape index (κ2) is 5.57. The van der Waals surface area contributed by atoms with Crippen LogP contribution in [0.3, 0.4) is 0 Å². The third-order valence-corrected chi connectivity index (χ3v) is 4.23. The van der Waals surface area contributed by atoms with Gasteiger partial charge in [-0.3, -0.25) is 0 Å². The minimum Gasteiger partial charge on any atom is -0.465 e. The molecule has 0 unspecified atom stereocenters. The molecule has 3 rings (SSSR count). The number of methoxy groups -OCH3 is 1. The van der Waals surface area contributed by atoms with Gasteiger partial charge in [-0.25, -0.2) is 9.78 Å². The number of rotatable bonds is 4. The van der Waals surface area contributed by atoms with Crippen molar-refractivity contribution >= 4 is 23.4 Å². The van der Waals surface area contributed by atoms with E-state index in [2.05, 4.69) is 9.88 Å². The van der Waals surface area contributed by atoms with Gasteiger partial charge in [0.15, 0.2) is 17.7 Å². The van der Waals surface area contributed by atoms with E-state index in [1.165, 1.54) is 12.0 Å². The molecule has 7 nitrogen and oxygen atoms in total. The van der Waals surface area contributed by atoms with Crippen LogP contribution in [0.25, 0.3) is 0 Å². The van der Waals surface area contributed by atoms with Crippen molar-refractivity contribution in [3.8, 4) is 5.75 Å². The van der Waals surface area contributed by atoms with E-state index in [1.807, 2.05) is 6.07 Å². The Hall–Kier alpha value is -1.73. The van der Waals surface area contributed by atoms with Crippen LogP contribution >= 0.6 is 11.6 Å². The van der Waals surface area contributed by atoms with E-state index in [0.717, 1.165) is 12.1 Å². The number of likely N-dealkylation sites (tertiary alicyclic amines) is 1. The van der Waals surface area contributed by atoms with Crippen molar-refractivity contribution in [2.24, 2.45) is 0 Å². The van der Waals surface area contributed by atoms with Gasteiger partial charge in [0.2, 0.25) is 0 Å². The molecule has 8 heteroatoms. The van der Waals surface area contributed by atoms with Crippen LogP contribution < -0.4 is 9.64 Å². The summed E-state index contributed by atoms with van der Waals surface area (Å²) >= 11 is 5.99. The summed E-state index contributed by atoms with van der Waals surface area (Å²) in [5, 5.41) is 9.40. The van der Waals surface area contributed by atoms with Gasteiger partial charge in [0.25, 0.3) is 0 Å². The van der Waals surface area contributed by atoms with Crippen LogP contribution in [0, 0.1) is 0 Å². The lowest BCUT2D eigenvalue weighted by Gasteiger charge is -2.34. The smallest absolute Gasteiger partial charge is 0.407 e. The Balaban J connectivity index is 1.76. The van der Waals surface area contributed by atoms with E-state index >= 15 is 0 Å². The lowest BCUT2D eigenvalue weighted by molar-refractivity contribution is 0.0509. The first-order valence-corrected chi connectivity index (χ1v) is 7.01. The molecule has 2 aliphatic heterocycles. The molecule has 2 aliphatic rings. The molecule has 2 bridgehead atoms. The minimum atomic E-state index is -0.847. The third kappa shape index (κ3) is 2.58. The Kier molecular flexibility index (Phi) is 3.77. The van der Waals surface area contributed by atoms with E-state index in [-0.39, 0.29) is 24.0 Å². The lowest BCUT2D eigenvalue weighted by atomic mass is 10.2. The predicted octanol–water partition coefficient (Wildman–Crippen LogP) is 1.66. The Morgan fingerprint density at radius 2 is 2.33 bits per heavy atom. The van der Waals surface area contributed by atoms with Crippen molar-refractivity contribution in [2.75, 3.05) is 31.9 Å². The number of piperazine rings is 1. The summed E-state index contributed by atoms with van der Waals surface area (Å²) in [5.41, 5.74) is 0.892. The number of ether oxygens (including phenoxy) is 2. The first-order valence-electron chi connectivity index (χ1n) is 6.63. The highest BCUT2D eigenvalue weighted by Crippen LogP contribution is 2.36. The highest BCUT2D eigenvalue weighted by Gasteiger charge is 2.45. The number of carboxylic acid groups (broad SMARTS) is 1. The number of anilines is 1. The maximum atomic E-state index is 11.1. The quantitative estimate of drug-likeness (QED) is 0.673. The molecule has 0 aromatic carbocycles. The fourth-order valence-corrected chi connectivity index (χ4v) is 3.17. The van der Waals surface area contributed by atoms with Gasteiger partial charge in [-0.1, -0.05) is 11.6 Å². The molecule has 1 amide bonds. The summed E-state index contributed by atoms with van der Waals surface area (Å²) in [7, 11) is 1.53. The average Bonchev–Trinajstić information content (AvgIpc) is 3.06. The Morgan fingerprint density at radius 3 is 2.95 bits per heavy atom. The maximum Gasteiger partial charge on any atom is 0.407 e. The first-order chi connectivity index (χ1) is 10.1. The zero-order valence-electron chi connectivity index (χ0n) is 11.5. The van der Waals surface area contributed by atoms with Crippen molar-refractivity contribution in [1.82, 2.24) is 9.88 Å². The van der Waals surface area contributed by atoms with Crippen LogP contribution in [0.1, 0.15) is 6.42 Å². The molecule has 3 heterocycles. The number of halogens is 1. The van der Waals surface area contributed by atoms with E-state index < -0.39 is 6.09 Å². The van der Waals surface area contributed by atoms with E-state index in [0.29, 0.717) is 18.8 Å². The van der Waals surface area contributed by atoms with Gasteiger partial charge in [0.05, 0.1) is 17.9 Å². The van der Waals surface area contributed by atoms with Crippen molar-refractivity contribution in [3.63, 3.8) is 0 Å². The van der Waals surface area contributed by atoms with Crippen molar-refractivity contribution in [2.45, 2.75) is 18.5 Å². The fourth-order valence-electron chi connectivity index (χ4n) is 3.02. The highest BCUT2D eigenvalue weighted by molar-refractivity contribution is 6.30. The molecular formula is C13H16ClN3O4. The summed E-state index contributed by atoms with van der Waals surface area (Å²) in [5.74, 6) is 0.467. The highest BCUT2D eigenvalue weighted by atomic mass is 35.5. The van der Waals surface area contributed by atoms with Gasteiger partial charge >= 0.3 is 6.09 Å². The van der Waals surface area contributed by atoms with E-state index in [4.69, 9.17) is 26.2 Å². The normalized spacial score (nSPS) is 23.7. The van der Waals surface area contributed by atoms with Crippen LogP contribution in [0.5, 0.6) is 5.75 Å². The Morgan fingerprint density at radius 1 is 1.52 bits per heavy atom. The topological polar surface area (TPSA) is 75.1 Å². The molecule has 1 aromatic rings. The Bertz CT molecular complexity index is 556.